The minimum atomic E-state index is -0.517. The van der Waals surface area contributed by atoms with Crippen LogP contribution in [0.3, 0.4) is 0 Å². The first-order chi connectivity index (χ1) is 13.8. The topological polar surface area (TPSA) is 86.3 Å². The van der Waals surface area contributed by atoms with Crippen LogP contribution in [0.4, 0.5) is 10.2 Å². The van der Waals surface area contributed by atoms with Gasteiger partial charge in [0.15, 0.2) is 0 Å². The Morgan fingerprint density at radius 3 is 2.83 bits per heavy atom. The summed E-state index contributed by atoms with van der Waals surface area (Å²) in [5, 5.41) is 11.8. The molecule has 0 unspecified atom stereocenters. The normalized spacial score (nSPS) is 19.8. The van der Waals surface area contributed by atoms with E-state index < -0.39 is 10.5 Å². The smallest absolute Gasteiger partial charge is 0.415 e. The van der Waals surface area contributed by atoms with Crippen LogP contribution in [0.5, 0.6) is 6.01 Å². The highest BCUT2D eigenvalue weighted by molar-refractivity contribution is 7.59. The van der Waals surface area contributed by atoms with Crippen LogP contribution in [0.25, 0.3) is 10.6 Å². The molecule has 2 aliphatic heterocycles. The Balaban J connectivity index is 0.00000218. The molecule has 2 aromatic heterocycles. The van der Waals surface area contributed by atoms with Gasteiger partial charge in [-0.1, -0.05) is 0 Å². The largest absolute Gasteiger partial charge is 0.436 e. The number of fused-ring (bicyclic) bond motifs is 2. The van der Waals surface area contributed by atoms with Crippen LogP contribution in [0, 0.1) is 22.9 Å². The molecule has 1 aromatic carbocycles. The lowest BCUT2D eigenvalue weighted by Gasteiger charge is -2.27. The minimum Gasteiger partial charge on any atom is -0.436 e. The van der Waals surface area contributed by atoms with Crippen molar-refractivity contribution in [3.8, 4) is 16.6 Å². The molecule has 0 saturated heterocycles. The average Bonchev–Trinajstić information content (AvgIpc) is 3.33. The number of rotatable bonds is 4. The summed E-state index contributed by atoms with van der Waals surface area (Å²) in [7, 11) is 0. The summed E-state index contributed by atoms with van der Waals surface area (Å²) in [4.78, 5) is 22.5. The quantitative estimate of drug-likeness (QED) is 0.447. The lowest BCUT2D eigenvalue weighted by molar-refractivity contribution is -0.389. The van der Waals surface area contributed by atoms with Crippen molar-refractivity contribution >= 4 is 30.7 Å². The molecule has 2 aliphatic rings. The zero-order valence-corrected chi connectivity index (χ0v) is 18.2. The molecule has 0 aliphatic carbocycles. The maximum Gasteiger partial charge on any atom is 0.415 e. The number of aromatic nitrogens is 3. The van der Waals surface area contributed by atoms with E-state index in [0.29, 0.717) is 25.6 Å². The number of halogens is 1. The minimum absolute atomic E-state index is 0. The molecule has 4 heterocycles. The third-order valence-corrected chi connectivity index (χ3v) is 6.37. The third kappa shape index (κ3) is 3.57. The molecule has 1 atom stereocenters. The molecular formula is C19H20FN5O3S2. The van der Waals surface area contributed by atoms with Gasteiger partial charge in [-0.25, -0.2) is 9.37 Å². The van der Waals surface area contributed by atoms with Gasteiger partial charge in [-0.2, -0.15) is 13.5 Å². The first-order valence-electron chi connectivity index (χ1n) is 9.18. The zero-order chi connectivity index (χ0) is 20.3. The summed E-state index contributed by atoms with van der Waals surface area (Å²) < 4.78 is 21.0. The maximum atomic E-state index is 13.4. The van der Waals surface area contributed by atoms with Crippen LogP contribution in [-0.4, -0.2) is 36.5 Å². The summed E-state index contributed by atoms with van der Waals surface area (Å²) in [5.41, 5.74) is 2.39. The van der Waals surface area contributed by atoms with Crippen molar-refractivity contribution in [2.45, 2.75) is 39.1 Å². The highest BCUT2D eigenvalue weighted by atomic mass is 32.1. The van der Waals surface area contributed by atoms with Gasteiger partial charge in [0.05, 0.1) is 12.2 Å². The molecule has 0 bridgehead atoms. The summed E-state index contributed by atoms with van der Waals surface area (Å²) in [6.45, 7) is 6.55. The first-order valence-corrected chi connectivity index (χ1v) is 9.99. The fourth-order valence-corrected chi connectivity index (χ4v) is 5.24. The highest BCUT2D eigenvalue weighted by Gasteiger charge is 2.42. The molecule has 0 radical (unpaired) electrons. The number of ether oxygens (including phenoxy) is 1. The molecule has 0 N–H and O–H groups in total. The number of hydrogen-bond donors (Lipinski definition) is 0. The van der Waals surface area contributed by atoms with Gasteiger partial charge in [0.1, 0.15) is 22.6 Å². The van der Waals surface area contributed by atoms with Gasteiger partial charge in [-0.15, -0.1) is 11.3 Å². The Kier molecular flexibility index (Phi) is 5.07. The van der Waals surface area contributed by atoms with Gasteiger partial charge < -0.3 is 14.9 Å². The molecule has 8 nitrogen and oxygen atoms in total. The Morgan fingerprint density at radius 1 is 1.37 bits per heavy atom. The fourth-order valence-electron chi connectivity index (χ4n) is 4.03. The predicted molar refractivity (Wildman–Crippen MR) is 115 cm³/mol. The fraction of sp³-hybridized carbons (Fsp3) is 0.368. The van der Waals surface area contributed by atoms with Crippen LogP contribution < -0.4 is 4.74 Å². The summed E-state index contributed by atoms with van der Waals surface area (Å²) in [6.07, 6.45) is 1.42. The number of imidazole rings is 1. The molecule has 0 spiro atoms. The van der Waals surface area contributed by atoms with E-state index in [1.807, 2.05) is 13.8 Å². The number of hydrogen-bond acceptors (Lipinski definition) is 7. The van der Waals surface area contributed by atoms with E-state index in [1.54, 1.807) is 22.0 Å². The third-order valence-electron chi connectivity index (χ3n) is 5.25. The van der Waals surface area contributed by atoms with Crippen molar-refractivity contribution in [2.24, 2.45) is 0 Å². The number of nitrogens with zero attached hydrogens (tertiary/aromatic N) is 5. The van der Waals surface area contributed by atoms with E-state index in [2.05, 4.69) is 9.88 Å². The number of benzene rings is 1. The predicted octanol–water partition coefficient (Wildman–Crippen LogP) is 3.64. The second-order valence-electron chi connectivity index (χ2n) is 7.81. The molecule has 158 valence electrons. The van der Waals surface area contributed by atoms with Gasteiger partial charge >= 0.3 is 11.8 Å². The Hall–Kier alpha value is -2.50. The standard InChI is InChI=1S/C19H18FN5O3S.H2S/c1-11-5-12(20)3-4-13(11)17-21-14-6-23(7-15(14)29-17)9-19(2)10-24-8-16(25(26)27)22-18(24)28-19;/h3-5,8H,6-7,9-10H2,1-2H3;1H2/t19-;/m0./s1. The summed E-state index contributed by atoms with van der Waals surface area (Å²) >= 11 is 1.64. The van der Waals surface area contributed by atoms with Crippen LogP contribution in [0.15, 0.2) is 24.4 Å². The Labute approximate surface area is 182 Å². The van der Waals surface area contributed by atoms with Crippen LogP contribution in [-0.2, 0) is 19.6 Å². The van der Waals surface area contributed by atoms with E-state index in [0.717, 1.165) is 28.4 Å². The average molecular weight is 450 g/mol. The molecular weight excluding hydrogens is 429 g/mol. The van der Waals surface area contributed by atoms with Crippen molar-refractivity contribution in [1.82, 2.24) is 19.4 Å². The monoisotopic (exact) mass is 449 g/mol. The van der Waals surface area contributed by atoms with Crippen LogP contribution in [0.2, 0.25) is 0 Å². The van der Waals surface area contributed by atoms with Crippen molar-refractivity contribution in [3.63, 3.8) is 0 Å². The first kappa shape index (κ1) is 20.8. The van der Waals surface area contributed by atoms with Crippen LogP contribution >= 0.6 is 24.8 Å². The second-order valence-corrected chi connectivity index (χ2v) is 8.90. The van der Waals surface area contributed by atoms with E-state index in [-0.39, 0.29) is 25.1 Å². The lowest BCUT2D eigenvalue weighted by atomic mass is 10.1. The van der Waals surface area contributed by atoms with Gasteiger partial charge in [0, 0.05) is 35.1 Å². The number of thiazole rings is 1. The lowest BCUT2D eigenvalue weighted by Crippen LogP contribution is -2.43. The van der Waals surface area contributed by atoms with Crippen molar-refractivity contribution < 1.29 is 14.1 Å². The van der Waals surface area contributed by atoms with Crippen LogP contribution in [0.1, 0.15) is 23.1 Å². The Bertz CT molecular complexity index is 1100. The van der Waals surface area contributed by atoms with E-state index in [9.17, 15) is 14.5 Å². The number of nitro groups is 1. The molecule has 0 fully saturated rings. The molecule has 11 heteroatoms. The molecule has 5 rings (SSSR count). The van der Waals surface area contributed by atoms with E-state index in [4.69, 9.17) is 9.72 Å². The Morgan fingerprint density at radius 2 is 2.17 bits per heavy atom. The van der Waals surface area contributed by atoms with Gasteiger partial charge in [-0.05, 0) is 42.5 Å². The highest BCUT2D eigenvalue weighted by Crippen LogP contribution is 2.37. The van der Waals surface area contributed by atoms with Gasteiger partial charge in [0.25, 0.3) is 0 Å². The summed E-state index contributed by atoms with van der Waals surface area (Å²) in [6, 6.07) is 5.07. The van der Waals surface area contributed by atoms with Crippen molar-refractivity contribution in [2.75, 3.05) is 6.54 Å². The summed E-state index contributed by atoms with van der Waals surface area (Å²) in [5.74, 6) is -0.435. The van der Waals surface area contributed by atoms with E-state index >= 15 is 0 Å². The van der Waals surface area contributed by atoms with Crippen molar-refractivity contribution in [3.05, 3.63) is 56.5 Å². The van der Waals surface area contributed by atoms with Gasteiger partial charge in [0.2, 0.25) is 0 Å². The molecule has 0 saturated carbocycles. The van der Waals surface area contributed by atoms with Crippen molar-refractivity contribution in [1.29, 1.82) is 0 Å². The maximum absolute atomic E-state index is 13.4. The number of aryl methyl sites for hydroxylation is 1. The molecule has 3 aromatic rings. The SMILES string of the molecule is Cc1cc(F)ccc1-c1nc2c(s1)CN(C[C@@]1(C)Cn3cc([N+](=O)[O-])nc3O1)C2.S. The molecule has 30 heavy (non-hydrogen) atoms. The second kappa shape index (κ2) is 7.33. The zero-order valence-electron chi connectivity index (χ0n) is 16.4. The molecule has 0 amide bonds. The van der Waals surface area contributed by atoms with E-state index in [1.165, 1.54) is 23.2 Å². The van der Waals surface area contributed by atoms with Gasteiger partial charge in [-0.3, -0.25) is 9.47 Å².